The normalized spacial score (nSPS) is 30.1. The van der Waals surface area contributed by atoms with Gasteiger partial charge in [0, 0.05) is 19.5 Å². The fourth-order valence-electron chi connectivity index (χ4n) is 2.81. The third-order valence-electron chi connectivity index (χ3n) is 3.96. The second-order valence-electron chi connectivity index (χ2n) is 5.16. The highest BCUT2D eigenvalue weighted by Gasteiger charge is 2.45. The van der Waals surface area contributed by atoms with Gasteiger partial charge in [0.25, 0.3) is 0 Å². The SMILES string of the molecule is CC1CC(=O)NC2(CCCCC2)C(=O)N1C. The average molecular weight is 224 g/mol. The molecule has 1 unspecified atom stereocenters. The number of hydrogen-bond donors (Lipinski definition) is 1. The molecule has 1 heterocycles. The monoisotopic (exact) mass is 224 g/mol. The molecule has 2 fully saturated rings. The van der Waals surface area contributed by atoms with Gasteiger partial charge in [-0.15, -0.1) is 0 Å². The van der Waals surface area contributed by atoms with Crippen molar-refractivity contribution in [3.63, 3.8) is 0 Å². The first-order valence-corrected chi connectivity index (χ1v) is 6.13. The Balaban J connectivity index is 2.28. The van der Waals surface area contributed by atoms with Crippen molar-refractivity contribution in [2.45, 2.75) is 57.0 Å². The number of likely N-dealkylation sites (N-methyl/N-ethyl adjacent to an activating group) is 1. The largest absolute Gasteiger partial charge is 0.342 e. The van der Waals surface area contributed by atoms with Crippen molar-refractivity contribution in [1.82, 2.24) is 10.2 Å². The average Bonchev–Trinajstić information content (AvgIpc) is 2.33. The van der Waals surface area contributed by atoms with Gasteiger partial charge in [-0.25, -0.2) is 0 Å². The molecule has 1 spiro atoms. The van der Waals surface area contributed by atoms with Crippen LogP contribution < -0.4 is 5.32 Å². The van der Waals surface area contributed by atoms with Gasteiger partial charge in [-0.3, -0.25) is 9.59 Å². The van der Waals surface area contributed by atoms with Gasteiger partial charge < -0.3 is 10.2 Å². The first kappa shape index (κ1) is 11.4. The number of hydrogen-bond acceptors (Lipinski definition) is 2. The highest BCUT2D eigenvalue weighted by molar-refractivity contribution is 5.93. The Morgan fingerprint density at radius 3 is 2.50 bits per heavy atom. The van der Waals surface area contributed by atoms with Crippen LogP contribution in [0.3, 0.4) is 0 Å². The lowest BCUT2D eigenvalue weighted by Gasteiger charge is -2.37. The molecule has 4 heteroatoms. The lowest BCUT2D eigenvalue weighted by Crippen LogP contribution is -2.57. The van der Waals surface area contributed by atoms with Crippen LogP contribution in [0.15, 0.2) is 0 Å². The maximum atomic E-state index is 12.4. The Kier molecular flexibility index (Phi) is 2.91. The Morgan fingerprint density at radius 2 is 1.88 bits per heavy atom. The van der Waals surface area contributed by atoms with E-state index in [9.17, 15) is 9.59 Å². The van der Waals surface area contributed by atoms with Crippen LogP contribution in [0.2, 0.25) is 0 Å². The lowest BCUT2D eigenvalue weighted by molar-refractivity contribution is -0.140. The van der Waals surface area contributed by atoms with Crippen molar-refractivity contribution in [2.24, 2.45) is 0 Å². The molecule has 2 rings (SSSR count). The highest BCUT2D eigenvalue weighted by Crippen LogP contribution is 2.32. The molecule has 0 aromatic rings. The molecule has 90 valence electrons. The Labute approximate surface area is 96.4 Å². The molecule has 1 aliphatic heterocycles. The van der Waals surface area contributed by atoms with Gasteiger partial charge in [0.1, 0.15) is 5.54 Å². The van der Waals surface area contributed by atoms with Crippen molar-refractivity contribution in [3.8, 4) is 0 Å². The molecule has 0 bridgehead atoms. The van der Waals surface area contributed by atoms with E-state index >= 15 is 0 Å². The standard InChI is InChI=1S/C12H20N2O2/c1-9-8-10(15)13-12(11(16)14(9)2)6-4-3-5-7-12/h9H,3-8H2,1-2H3,(H,13,15). The van der Waals surface area contributed by atoms with E-state index in [-0.39, 0.29) is 17.9 Å². The summed E-state index contributed by atoms with van der Waals surface area (Å²) in [6.07, 6.45) is 5.26. The summed E-state index contributed by atoms with van der Waals surface area (Å²) in [5.74, 6) is 0.123. The van der Waals surface area contributed by atoms with Crippen LogP contribution in [0, 0.1) is 0 Å². The molecule has 1 atom stereocenters. The fraction of sp³-hybridized carbons (Fsp3) is 0.833. The topological polar surface area (TPSA) is 49.4 Å². The predicted octanol–water partition coefficient (Wildman–Crippen LogP) is 1.06. The van der Waals surface area contributed by atoms with Crippen molar-refractivity contribution in [3.05, 3.63) is 0 Å². The van der Waals surface area contributed by atoms with Gasteiger partial charge in [-0.2, -0.15) is 0 Å². The molecule has 1 aliphatic carbocycles. The van der Waals surface area contributed by atoms with Crippen LogP contribution >= 0.6 is 0 Å². The molecule has 1 N–H and O–H groups in total. The summed E-state index contributed by atoms with van der Waals surface area (Å²) in [6, 6.07) is 0.00815. The molecule has 4 nitrogen and oxygen atoms in total. The maximum absolute atomic E-state index is 12.4. The predicted molar refractivity (Wildman–Crippen MR) is 60.8 cm³/mol. The van der Waals surface area contributed by atoms with Gasteiger partial charge in [0.2, 0.25) is 11.8 Å². The van der Waals surface area contributed by atoms with Gasteiger partial charge in [-0.05, 0) is 19.8 Å². The molecule has 1 saturated carbocycles. The zero-order chi connectivity index (χ0) is 11.8. The minimum atomic E-state index is -0.588. The minimum absolute atomic E-state index is 0.00815. The molecule has 16 heavy (non-hydrogen) atoms. The van der Waals surface area contributed by atoms with Crippen LogP contribution in [-0.4, -0.2) is 35.3 Å². The quantitative estimate of drug-likeness (QED) is 0.668. The second kappa shape index (κ2) is 4.07. The molecule has 1 saturated heterocycles. The Morgan fingerprint density at radius 1 is 1.25 bits per heavy atom. The first-order chi connectivity index (χ1) is 7.55. The summed E-state index contributed by atoms with van der Waals surface area (Å²) >= 11 is 0. The van der Waals surface area contributed by atoms with Gasteiger partial charge >= 0.3 is 0 Å². The fourth-order valence-corrected chi connectivity index (χ4v) is 2.81. The van der Waals surface area contributed by atoms with E-state index in [1.807, 2.05) is 14.0 Å². The maximum Gasteiger partial charge on any atom is 0.248 e. The van der Waals surface area contributed by atoms with E-state index in [0.717, 1.165) is 25.7 Å². The summed E-state index contributed by atoms with van der Waals surface area (Å²) < 4.78 is 0. The van der Waals surface area contributed by atoms with Crippen molar-refractivity contribution < 1.29 is 9.59 Å². The Hall–Kier alpha value is -1.06. The molecular weight excluding hydrogens is 204 g/mol. The third-order valence-corrected chi connectivity index (χ3v) is 3.96. The summed E-state index contributed by atoms with van der Waals surface area (Å²) in [4.78, 5) is 25.9. The van der Waals surface area contributed by atoms with Crippen molar-refractivity contribution >= 4 is 11.8 Å². The summed E-state index contributed by atoms with van der Waals surface area (Å²) in [6.45, 7) is 1.93. The number of carbonyl (C=O) groups excluding carboxylic acids is 2. The van der Waals surface area contributed by atoms with Gasteiger partial charge in [-0.1, -0.05) is 19.3 Å². The van der Waals surface area contributed by atoms with Crippen molar-refractivity contribution in [2.75, 3.05) is 7.05 Å². The summed E-state index contributed by atoms with van der Waals surface area (Å²) in [7, 11) is 1.81. The number of carbonyl (C=O) groups is 2. The van der Waals surface area contributed by atoms with Crippen LogP contribution in [0.25, 0.3) is 0 Å². The minimum Gasteiger partial charge on any atom is -0.342 e. The third kappa shape index (κ3) is 1.81. The Bertz CT molecular complexity index is 308. The van der Waals surface area contributed by atoms with Crippen LogP contribution in [0.5, 0.6) is 0 Å². The molecule has 0 aromatic heterocycles. The molecule has 2 amide bonds. The summed E-state index contributed by atoms with van der Waals surface area (Å²) in [5.41, 5.74) is -0.588. The van der Waals surface area contributed by atoms with E-state index < -0.39 is 5.54 Å². The second-order valence-corrected chi connectivity index (χ2v) is 5.16. The molecule has 0 radical (unpaired) electrons. The van der Waals surface area contributed by atoms with E-state index in [1.165, 1.54) is 6.42 Å². The highest BCUT2D eigenvalue weighted by atomic mass is 16.2. The van der Waals surface area contributed by atoms with Crippen LogP contribution in [0.4, 0.5) is 0 Å². The van der Waals surface area contributed by atoms with Crippen molar-refractivity contribution in [1.29, 1.82) is 0 Å². The van der Waals surface area contributed by atoms with E-state index in [0.29, 0.717) is 6.42 Å². The number of rotatable bonds is 0. The number of amides is 2. The first-order valence-electron chi connectivity index (χ1n) is 6.13. The molecule has 0 aromatic carbocycles. The number of nitrogens with one attached hydrogen (secondary N) is 1. The van der Waals surface area contributed by atoms with E-state index in [4.69, 9.17) is 0 Å². The van der Waals surface area contributed by atoms with Crippen LogP contribution in [-0.2, 0) is 9.59 Å². The van der Waals surface area contributed by atoms with E-state index in [2.05, 4.69) is 5.32 Å². The van der Waals surface area contributed by atoms with Gasteiger partial charge in [0.15, 0.2) is 0 Å². The van der Waals surface area contributed by atoms with E-state index in [1.54, 1.807) is 4.90 Å². The summed E-state index contributed by atoms with van der Waals surface area (Å²) in [5, 5.41) is 2.97. The molecular formula is C12H20N2O2. The number of nitrogens with zero attached hydrogens (tertiary/aromatic N) is 1. The zero-order valence-electron chi connectivity index (χ0n) is 10.1. The van der Waals surface area contributed by atoms with Crippen LogP contribution in [0.1, 0.15) is 45.4 Å². The molecule has 2 aliphatic rings. The smallest absolute Gasteiger partial charge is 0.248 e. The zero-order valence-corrected chi connectivity index (χ0v) is 10.1. The van der Waals surface area contributed by atoms with Gasteiger partial charge in [0.05, 0.1) is 0 Å². The lowest BCUT2D eigenvalue weighted by atomic mass is 9.80.